The lowest BCUT2D eigenvalue weighted by atomic mass is 10.1. The molecule has 0 saturated heterocycles. The number of carbonyl (C=O) groups excluding carboxylic acids is 2. The van der Waals surface area contributed by atoms with Crippen LogP contribution < -0.4 is 16.8 Å². The van der Waals surface area contributed by atoms with Gasteiger partial charge in [0.25, 0.3) is 0 Å². The van der Waals surface area contributed by atoms with Crippen LogP contribution >= 0.6 is 11.6 Å². The summed E-state index contributed by atoms with van der Waals surface area (Å²) < 4.78 is 0. The van der Waals surface area contributed by atoms with Gasteiger partial charge < -0.3 is 16.8 Å². The van der Waals surface area contributed by atoms with Crippen molar-refractivity contribution in [1.82, 2.24) is 0 Å². The fourth-order valence-corrected chi connectivity index (χ4v) is 1.66. The predicted molar refractivity (Wildman–Crippen MR) is 71.5 cm³/mol. The van der Waals surface area contributed by atoms with Gasteiger partial charge in [0.15, 0.2) is 0 Å². The Bertz CT molecular complexity index is 463. The molecular formula is C12H16ClN3O2. The van der Waals surface area contributed by atoms with Gasteiger partial charge in [-0.25, -0.2) is 0 Å². The lowest BCUT2D eigenvalue weighted by Crippen LogP contribution is -2.26. The Hall–Kier alpha value is -1.59. The van der Waals surface area contributed by atoms with Gasteiger partial charge in [-0.1, -0.05) is 18.5 Å². The minimum atomic E-state index is -0.606. The third kappa shape index (κ3) is 4.01. The molecule has 0 spiro atoms. The topological polar surface area (TPSA) is 98.2 Å². The molecular weight excluding hydrogens is 254 g/mol. The molecule has 0 aliphatic rings. The molecule has 6 heteroatoms. The number of hydrogen-bond acceptors (Lipinski definition) is 3. The predicted octanol–water partition coefficient (Wildman–Crippen LogP) is 1.50. The molecule has 0 aliphatic heterocycles. The maximum atomic E-state index is 11.6. The summed E-state index contributed by atoms with van der Waals surface area (Å²) in [5.74, 6) is -0.793. The van der Waals surface area contributed by atoms with Crippen molar-refractivity contribution in [3.63, 3.8) is 0 Å². The third-order valence-corrected chi connectivity index (χ3v) is 2.80. The summed E-state index contributed by atoms with van der Waals surface area (Å²) >= 11 is 5.86. The first kappa shape index (κ1) is 14.5. The third-order valence-electron chi connectivity index (χ3n) is 2.49. The van der Waals surface area contributed by atoms with Crippen LogP contribution in [0.25, 0.3) is 0 Å². The van der Waals surface area contributed by atoms with Crippen molar-refractivity contribution >= 4 is 29.1 Å². The van der Waals surface area contributed by atoms with Crippen LogP contribution in [0.3, 0.4) is 0 Å². The molecule has 1 aromatic rings. The van der Waals surface area contributed by atoms with Crippen molar-refractivity contribution in [3.8, 4) is 0 Å². The molecule has 98 valence electrons. The van der Waals surface area contributed by atoms with E-state index in [-0.39, 0.29) is 29.0 Å². The van der Waals surface area contributed by atoms with E-state index in [0.29, 0.717) is 5.69 Å². The zero-order valence-corrected chi connectivity index (χ0v) is 10.8. The molecule has 1 atom stereocenters. The number of carbonyl (C=O) groups is 2. The van der Waals surface area contributed by atoms with Crippen LogP contribution in [0.15, 0.2) is 18.2 Å². The molecule has 0 aliphatic carbocycles. The number of nitrogens with two attached hydrogens (primary N) is 2. The van der Waals surface area contributed by atoms with Gasteiger partial charge in [0.1, 0.15) is 0 Å². The van der Waals surface area contributed by atoms with Crippen LogP contribution in [-0.4, -0.2) is 17.9 Å². The van der Waals surface area contributed by atoms with Crippen molar-refractivity contribution in [3.05, 3.63) is 28.8 Å². The maximum Gasteiger partial charge on any atom is 0.250 e. The summed E-state index contributed by atoms with van der Waals surface area (Å²) in [6.07, 6.45) is 0.973. The molecule has 0 heterocycles. The van der Waals surface area contributed by atoms with Gasteiger partial charge in [-0.2, -0.15) is 0 Å². The fourth-order valence-electron chi connectivity index (χ4n) is 1.39. The summed E-state index contributed by atoms with van der Waals surface area (Å²) in [4.78, 5) is 22.6. The van der Waals surface area contributed by atoms with Gasteiger partial charge in [0.05, 0.1) is 10.6 Å². The second-order valence-electron chi connectivity index (χ2n) is 3.98. The van der Waals surface area contributed by atoms with Crippen LogP contribution in [0.5, 0.6) is 0 Å². The number of anilines is 1. The molecule has 0 saturated carbocycles. The summed E-state index contributed by atoms with van der Waals surface area (Å²) in [5, 5.41) is 2.87. The first-order valence-electron chi connectivity index (χ1n) is 5.58. The van der Waals surface area contributed by atoms with E-state index in [1.165, 1.54) is 12.1 Å². The fraction of sp³-hybridized carbons (Fsp3) is 0.333. The van der Waals surface area contributed by atoms with Crippen molar-refractivity contribution in [2.45, 2.75) is 25.8 Å². The van der Waals surface area contributed by atoms with Crippen LogP contribution in [0, 0.1) is 0 Å². The minimum Gasteiger partial charge on any atom is -0.366 e. The zero-order chi connectivity index (χ0) is 13.7. The lowest BCUT2D eigenvalue weighted by Gasteiger charge is -2.10. The van der Waals surface area contributed by atoms with Crippen LogP contribution in [0.1, 0.15) is 30.1 Å². The first-order valence-corrected chi connectivity index (χ1v) is 5.96. The van der Waals surface area contributed by atoms with Crippen LogP contribution in [-0.2, 0) is 4.79 Å². The zero-order valence-electron chi connectivity index (χ0n) is 10.1. The SMILES string of the molecule is CCC(N)CC(=O)Nc1ccc(C(N)=O)c(Cl)c1. The molecule has 0 fully saturated rings. The molecule has 0 aromatic heterocycles. The van der Waals surface area contributed by atoms with Crippen molar-refractivity contribution in [2.75, 3.05) is 5.32 Å². The Morgan fingerprint density at radius 3 is 2.61 bits per heavy atom. The maximum absolute atomic E-state index is 11.6. The minimum absolute atomic E-state index is 0.162. The second kappa shape index (κ2) is 6.37. The quantitative estimate of drug-likeness (QED) is 0.755. The lowest BCUT2D eigenvalue weighted by molar-refractivity contribution is -0.116. The Labute approximate surface area is 110 Å². The summed E-state index contributed by atoms with van der Waals surface area (Å²) in [6.45, 7) is 1.91. The highest BCUT2D eigenvalue weighted by molar-refractivity contribution is 6.34. The number of amides is 2. The highest BCUT2D eigenvalue weighted by atomic mass is 35.5. The molecule has 1 rings (SSSR count). The summed E-state index contributed by atoms with van der Waals surface area (Å²) in [7, 11) is 0. The first-order chi connectivity index (χ1) is 8.43. The second-order valence-corrected chi connectivity index (χ2v) is 4.39. The molecule has 0 bridgehead atoms. The van der Waals surface area contributed by atoms with Crippen LogP contribution in [0.2, 0.25) is 5.02 Å². The Balaban J connectivity index is 2.72. The highest BCUT2D eigenvalue weighted by Crippen LogP contribution is 2.20. The van der Waals surface area contributed by atoms with Gasteiger partial charge in [-0.15, -0.1) is 0 Å². The standard InChI is InChI=1S/C12H16ClN3O2/c1-2-7(14)5-11(17)16-8-3-4-9(12(15)18)10(13)6-8/h3-4,6-7H,2,5,14H2,1H3,(H2,15,18)(H,16,17). The highest BCUT2D eigenvalue weighted by Gasteiger charge is 2.10. The Morgan fingerprint density at radius 1 is 1.44 bits per heavy atom. The number of benzene rings is 1. The monoisotopic (exact) mass is 269 g/mol. The number of halogens is 1. The van der Waals surface area contributed by atoms with Gasteiger partial charge in [0, 0.05) is 18.2 Å². The van der Waals surface area contributed by atoms with E-state index < -0.39 is 5.91 Å². The van der Waals surface area contributed by atoms with Crippen molar-refractivity contribution < 1.29 is 9.59 Å². The summed E-state index contributed by atoms with van der Waals surface area (Å²) in [6, 6.07) is 4.36. The van der Waals surface area contributed by atoms with E-state index in [1.54, 1.807) is 6.07 Å². The Kier molecular flexibility index (Phi) is 5.12. The van der Waals surface area contributed by atoms with Crippen molar-refractivity contribution in [2.24, 2.45) is 11.5 Å². The van der Waals surface area contributed by atoms with Crippen molar-refractivity contribution in [1.29, 1.82) is 0 Å². The van der Waals surface area contributed by atoms with E-state index in [2.05, 4.69) is 5.32 Å². The largest absolute Gasteiger partial charge is 0.366 e. The number of nitrogens with one attached hydrogen (secondary N) is 1. The molecule has 0 radical (unpaired) electrons. The van der Waals surface area contributed by atoms with E-state index >= 15 is 0 Å². The van der Waals surface area contributed by atoms with Crippen LogP contribution in [0.4, 0.5) is 5.69 Å². The normalized spacial score (nSPS) is 11.9. The van der Waals surface area contributed by atoms with Gasteiger partial charge in [-0.3, -0.25) is 9.59 Å². The molecule has 1 unspecified atom stereocenters. The van der Waals surface area contributed by atoms with Gasteiger partial charge in [0.2, 0.25) is 11.8 Å². The van der Waals surface area contributed by atoms with Gasteiger partial charge >= 0.3 is 0 Å². The number of rotatable bonds is 5. The Morgan fingerprint density at radius 2 is 2.11 bits per heavy atom. The molecule has 2 amide bonds. The average Bonchev–Trinajstić information content (AvgIpc) is 2.28. The number of primary amides is 1. The smallest absolute Gasteiger partial charge is 0.250 e. The molecule has 18 heavy (non-hydrogen) atoms. The molecule has 1 aromatic carbocycles. The molecule has 5 nitrogen and oxygen atoms in total. The van der Waals surface area contributed by atoms with E-state index in [9.17, 15) is 9.59 Å². The number of hydrogen-bond donors (Lipinski definition) is 3. The van der Waals surface area contributed by atoms with E-state index in [1.807, 2.05) is 6.92 Å². The summed E-state index contributed by atoms with van der Waals surface area (Å²) in [5.41, 5.74) is 11.5. The van der Waals surface area contributed by atoms with E-state index in [4.69, 9.17) is 23.1 Å². The van der Waals surface area contributed by atoms with Gasteiger partial charge in [-0.05, 0) is 24.6 Å². The van der Waals surface area contributed by atoms with E-state index in [0.717, 1.165) is 6.42 Å². The molecule has 5 N–H and O–H groups in total. The average molecular weight is 270 g/mol.